The predicted molar refractivity (Wildman–Crippen MR) is 47.0 cm³/mol. The van der Waals surface area contributed by atoms with Gasteiger partial charge in [0.25, 0.3) is 0 Å². The van der Waals surface area contributed by atoms with Crippen LogP contribution in [0.2, 0.25) is 0 Å². The van der Waals surface area contributed by atoms with E-state index in [-0.39, 0.29) is 11.1 Å². The summed E-state index contributed by atoms with van der Waals surface area (Å²) in [6.07, 6.45) is 0. The maximum atomic E-state index is 9.36. The lowest BCUT2D eigenvalue weighted by Gasteiger charge is -2.17. The van der Waals surface area contributed by atoms with Crippen LogP contribution < -0.4 is 10.1 Å². The molecule has 1 aliphatic rings. The topological polar surface area (TPSA) is 88.3 Å². The Kier molecular flexibility index (Phi) is 1.96. The van der Waals surface area contributed by atoms with Crippen LogP contribution in [0.25, 0.3) is 0 Å². The highest BCUT2D eigenvalue weighted by Crippen LogP contribution is 2.09. The highest BCUT2D eigenvalue weighted by Gasteiger charge is 2.29. The lowest BCUT2D eigenvalue weighted by atomic mass is 9.79. The second-order valence-corrected chi connectivity index (χ2v) is 3.40. The van der Waals surface area contributed by atoms with Gasteiger partial charge >= 0.3 is 7.05 Å². The van der Waals surface area contributed by atoms with Crippen LogP contribution in [-0.4, -0.2) is 33.6 Å². The Morgan fingerprint density at radius 1 is 1.54 bits per heavy atom. The van der Waals surface area contributed by atoms with Gasteiger partial charge in [-0.25, -0.2) is 0 Å². The minimum absolute atomic E-state index is 0.0263. The van der Waals surface area contributed by atoms with Gasteiger partial charge in [0.15, 0.2) is 0 Å². The summed E-state index contributed by atoms with van der Waals surface area (Å²) >= 11 is 1.31. The predicted octanol–water partition coefficient (Wildman–Crippen LogP) is -1.22. The number of hydrogen-bond donors (Lipinski definition) is 4. The molecule has 0 aromatic carbocycles. The Bertz CT molecular complexity index is 353. The number of hydrazone groups is 1. The normalized spacial score (nSPS) is 14.7. The molecule has 6 nitrogen and oxygen atoms in total. The number of nitrogens with one attached hydrogen (secondary N) is 1. The third-order valence-electron chi connectivity index (χ3n) is 1.67. The molecule has 0 unspecified atom stereocenters. The summed E-state index contributed by atoms with van der Waals surface area (Å²) in [5.74, 6) is -0.0263. The molecule has 1 aliphatic heterocycles. The van der Waals surface area contributed by atoms with Crippen molar-refractivity contribution < 1.29 is 15.4 Å². The number of thiophene rings is 1. The maximum Gasteiger partial charge on any atom is 0.474 e. The Balaban J connectivity index is 2.46. The molecule has 1 aromatic heterocycles. The van der Waals surface area contributed by atoms with E-state index in [9.17, 15) is 5.02 Å². The zero-order chi connectivity index (χ0) is 9.42. The highest BCUT2D eigenvalue weighted by atomic mass is 32.1. The van der Waals surface area contributed by atoms with Gasteiger partial charge in [-0.15, -0.1) is 5.23 Å². The molecule has 0 radical (unpaired) electrons. The number of amidine groups is 1. The van der Waals surface area contributed by atoms with Crippen molar-refractivity contribution in [3.05, 3.63) is 17.0 Å². The first-order valence-electron chi connectivity index (χ1n) is 3.47. The smallest absolute Gasteiger partial charge is 0.427 e. The molecular weight excluding hydrogens is 193 g/mol. The average molecular weight is 199 g/mol. The average Bonchev–Trinajstić information content (AvgIpc) is 2.53. The lowest BCUT2D eigenvalue weighted by molar-refractivity contribution is -0.244. The van der Waals surface area contributed by atoms with Crippen molar-refractivity contribution in [3.8, 4) is 0 Å². The largest absolute Gasteiger partial charge is 0.474 e. The maximum absolute atomic E-state index is 9.36. The monoisotopic (exact) mass is 199 g/mol. The summed E-state index contributed by atoms with van der Waals surface area (Å²) in [6.45, 7) is 0. The zero-order valence-corrected chi connectivity index (χ0v) is 7.19. The van der Waals surface area contributed by atoms with E-state index in [0.29, 0.717) is 10.3 Å². The number of nitrogens with zero attached hydrogens (tertiary/aromatic N) is 2. The molecule has 2 rings (SSSR count). The molecule has 2 heterocycles. The van der Waals surface area contributed by atoms with Gasteiger partial charge in [0, 0.05) is 10.3 Å². The molecule has 0 atom stereocenters. The van der Waals surface area contributed by atoms with Crippen molar-refractivity contribution in [1.29, 1.82) is 0 Å². The summed E-state index contributed by atoms with van der Waals surface area (Å²) in [4.78, 5) is 0. The van der Waals surface area contributed by atoms with E-state index in [1.165, 1.54) is 11.3 Å². The summed E-state index contributed by atoms with van der Waals surface area (Å²) in [5.41, 5.74) is 0.515. The van der Waals surface area contributed by atoms with Crippen LogP contribution in [0.5, 0.6) is 0 Å². The third kappa shape index (κ3) is 1.29. The van der Waals surface area contributed by atoms with E-state index in [1.807, 2.05) is 0 Å². The fourth-order valence-corrected chi connectivity index (χ4v) is 1.93. The second kappa shape index (κ2) is 3.00. The van der Waals surface area contributed by atoms with E-state index in [4.69, 9.17) is 10.4 Å². The molecule has 13 heavy (non-hydrogen) atoms. The van der Waals surface area contributed by atoms with Crippen molar-refractivity contribution in [1.82, 2.24) is 10.6 Å². The molecule has 4 N–H and O–H groups in total. The molecule has 0 aliphatic carbocycles. The van der Waals surface area contributed by atoms with Crippen molar-refractivity contribution in [2.24, 2.45) is 5.10 Å². The number of rotatable bonds is 0. The summed E-state index contributed by atoms with van der Waals surface area (Å²) in [5, 5.41) is 34.5. The first-order chi connectivity index (χ1) is 6.20. The van der Waals surface area contributed by atoms with Crippen LogP contribution in [0.4, 0.5) is 0 Å². The van der Waals surface area contributed by atoms with Crippen LogP contribution in [0.1, 0.15) is 5.56 Å². The van der Waals surface area contributed by atoms with E-state index in [0.717, 1.165) is 0 Å². The molecule has 1 aromatic rings. The van der Waals surface area contributed by atoms with Crippen LogP contribution in [0, 0.1) is 0 Å². The number of hydrogen-bond acceptors (Lipinski definition) is 7. The molecule has 0 saturated heterocycles. The fourth-order valence-electron chi connectivity index (χ4n) is 1.11. The Labute approximate surface area is 77.8 Å². The standard InChI is InChI=1S/C5H6BN3O3S/c10-6-4-3(1-2-13-4)5(7-8-6)9(11)12/h1-2,8,10-12H. The van der Waals surface area contributed by atoms with E-state index < -0.39 is 7.05 Å². The quantitative estimate of drug-likeness (QED) is 0.310. The molecule has 8 heteroatoms. The van der Waals surface area contributed by atoms with E-state index in [2.05, 4.69) is 10.4 Å². The summed E-state index contributed by atoms with van der Waals surface area (Å²) < 4.78 is 0.609. The Morgan fingerprint density at radius 3 is 3.00 bits per heavy atom. The summed E-state index contributed by atoms with van der Waals surface area (Å²) in [6, 6.07) is 1.66. The van der Waals surface area contributed by atoms with Crippen LogP contribution in [0.15, 0.2) is 16.5 Å². The molecule has 0 fully saturated rings. The first kappa shape index (κ1) is 8.51. The lowest BCUT2D eigenvalue weighted by Crippen LogP contribution is -2.49. The minimum Gasteiger partial charge on any atom is -0.427 e. The van der Waals surface area contributed by atoms with Crippen molar-refractivity contribution in [2.45, 2.75) is 0 Å². The molecule has 0 bridgehead atoms. The molecule has 0 spiro atoms. The van der Waals surface area contributed by atoms with Crippen molar-refractivity contribution in [3.63, 3.8) is 0 Å². The van der Waals surface area contributed by atoms with Gasteiger partial charge in [0.05, 0.1) is 0 Å². The highest BCUT2D eigenvalue weighted by molar-refractivity contribution is 7.21. The number of hydroxylamine groups is 2. The Hall–Kier alpha value is -1.09. The van der Waals surface area contributed by atoms with Gasteiger partial charge in [-0.2, -0.15) is 16.4 Å². The number of fused-ring (bicyclic) bond motifs is 1. The molecule has 68 valence electrons. The molecule has 0 amide bonds. The second-order valence-electron chi connectivity index (χ2n) is 2.46. The van der Waals surface area contributed by atoms with Gasteiger partial charge in [-0.1, -0.05) is 0 Å². The van der Waals surface area contributed by atoms with E-state index in [1.54, 1.807) is 11.4 Å². The summed E-state index contributed by atoms with van der Waals surface area (Å²) in [7, 11) is -0.876. The van der Waals surface area contributed by atoms with E-state index >= 15 is 0 Å². The third-order valence-corrected chi connectivity index (χ3v) is 2.64. The first-order valence-corrected chi connectivity index (χ1v) is 4.35. The fraction of sp³-hybridized carbons (Fsp3) is 0. The van der Waals surface area contributed by atoms with Gasteiger partial charge < -0.3 is 10.4 Å². The van der Waals surface area contributed by atoms with Gasteiger partial charge in [0.2, 0.25) is 5.84 Å². The van der Waals surface area contributed by atoms with Crippen molar-refractivity contribution in [2.75, 3.05) is 0 Å². The minimum atomic E-state index is -0.876. The Morgan fingerprint density at radius 2 is 2.31 bits per heavy atom. The van der Waals surface area contributed by atoms with Gasteiger partial charge in [-0.05, 0) is 11.4 Å². The SMILES string of the molecule is OB1NN=C(N(O)O)c2ccsc21. The molecule has 0 saturated carbocycles. The van der Waals surface area contributed by atoms with Gasteiger partial charge in [0.1, 0.15) is 0 Å². The van der Waals surface area contributed by atoms with Crippen LogP contribution in [0.3, 0.4) is 0 Å². The van der Waals surface area contributed by atoms with Crippen LogP contribution in [-0.2, 0) is 0 Å². The molecular formula is C5H6BN3O3S. The van der Waals surface area contributed by atoms with Gasteiger partial charge in [-0.3, -0.25) is 10.4 Å². The zero-order valence-electron chi connectivity index (χ0n) is 6.38. The van der Waals surface area contributed by atoms with Crippen LogP contribution >= 0.6 is 11.3 Å². The van der Waals surface area contributed by atoms with Crippen molar-refractivity contribution >= 4 is 29.0 Å².